The number of anilines is 1. The number of aryl methyl sites for hydroxylation is 1. The number of aliphatic hydroxyl groups is 1. The second-order valence-electron chi connectivity index (χ2n) is 9.65. The third-order valence-corrected chi connectivity index (χ3v) is 7.42. The number of aliphatic hydroxyl groups excluding tert-OH is 1. The van der Waals surface area contributed by atoms with Crippen molar-refractivity contribution >= 4 is 41.6 Å². The lowest BCUT2D eigenvalue weighted by molar-refractivity contribution is 0.0811. The second-order valence-corrected chi connectivity index (χ2v) is 15.3. The number of nitrogens with zero attached hydrogens (tertiary/aromatic N) is 4. The van der Waals surface area contributed by atoms with Crippen LogP contribution in [-0.4, -0.2) is 45.0 Å². The van der Waals surface area contributed by atoms with E-state index in [2.05, 4.69) is 35.0 Å². The maximum atomic E-state index is 12.9. The standard InChI is InChI=1S/C24H31N5O3Si/c1-16(30)20-11-19-13-25-23(12-22(19)29(20)15-32-8-9-33(3,4)5)27-24(31)17-6-7-18-14-26-28(2)21(18)10-17/h6-7,10-14,16,30H,8-9,15H2,1-5H3,(H,25,27,31). The fourth-order valence-electron chi connectivity index (χ4n) is 3.74. The summed E-state index contributed by atoms with van der Waals surface area (Å²) in [5.41, 5.74) is 3.02. The minimum absolute atomic E-state index is 0.245. The van der Waals surface area contributed by atoms with Crippen molar-refractivity contribution in [3.8, 4) is 0 Å². The summed E-state index contributed by atoms with van der Waals surface area (Å²) in [7, 11) is 0.655. The van der Waals surface area contributed by atoms with E-state index in [-0.39, 0.29) is 5.91 Å². The van der Waals surface area contributed by atoms with Crippen LogP contribution in [0.3, 0.4) is 0 Å². The van der Waals surface area contributed by atoms with Crippen LogP contribution in [0.15, 0.2) is 42.7 Å². The fourth-order valence-corrected chi connectivity index (χ4v) is 4.50. The van der Waals surface area contributed by atoms with Crippen molar-refractivity contribution in [1.82, 2.24) is 19.3 Å². The summed E-state index contributed by atoms with van der Waals surface area (Å²) in [6.07, 6.45) is 2.83. The van der Waals surface area contributed by atoms with Gasteiger partial charge in [0.1, 0.15) is 12.5 Å². The van der Waals surface area contributed by atoms with E-state index in [9.17, 15) is 9.90 Å². The van der Waals surface area contributed by atoms with Gasteiger partial charge in [0.25, 0.3) is 5.91 Å². The van der Waals surface area contributed by atoms with Gasteiger partial charge in [-0.3, -0.25) is 9.48 Å². The summed E-state index contributed by atoms with van der Waals surface area (Å²) in [4.78, 5) is 17.3. The minimum Gasteiger partial charge on any atom is -0.387 e. The van der Waals surface area contributed by atoms with E-state index in [1.165, 1.54) is 0 Å². The van der Waals surface area contributed by atoms with E-state index < -0.39 is 14.2 Å². The molecule has 4 aromatic rings. The Kier molecular flexibility index (Phi) is 6.38. The van der Waals surface area contributed by atoms with Crippen LogP contribution in [0, 0.1) is 0 Å². The summed E-state index contributed by atoms with van der Waals surface area (Å²) in [6, 6.07) is 10.3. The van der Waals surface area contributed by atoms with Crippen molar-refractivity contribution in [2.45, 2.75) is 45.4 Å². The predicted octanol–water partition coefficient (Wildman–Crippen LogP) is 4.54. The van der Waals surface area contributed by atoms with E-state index in [0.717, 1.165) is 33.5 Å². The molecule has 2 N–H and O–H groups in total. The zero-order chi connectivity index (χ0) is 23.8. The topological polar surface area (TPSA) is 94.2 Å². The molecule has 33 heavy (non-hydrogen) atoms. The first kappa shape index (κ1) is 23.2. The number of carbonyl (C=O) groups excluding carboxylic acids is 1. The predicted molar refractivity (Wildman–Crippen MR) is 133 cm³/mol. The van der Waals surface area contributed by atoms with Gasteiger partial charge in [-0.2, -0.15) is 5.10 Å². The molecular formula is C24H31N5O3Si. The number of aromatic nitrogens is 4. The first-order chi connectivity index (χ1) is 15.6. The summed E-state index contributed by atoms with van der Waals surface area (Å²) < 4.78 is 9.65. The van der Waals surface area contributed by atoms with Gasteiger partial charge in [0, 0.05) is 56.0 Å². The van der Waals surface area contributed by atoms with Crippen molar-refractivity contribution in [2.75, 3.05) is 11.9 Å². The highest BCUT2D eigenvalue weighted by atomic mass is 28.3. The molecule has 3 heterocycles. The highest BCUT2D eigenvalue weighted by Gasteiger charge is 2.17. The van der Waals surface area contributed by atoms with Crippen LogP contribution >= 0.6 is 0 Å². The van der Waals surface area contributed by atoms with Crippen LogP contribution in [0.5, 0.6) is 0 Å². The van der Waals surface area contributed by atoms with Crippen molar-refractivity contribution in [2.24, 2.45) is 7.05 Å². The number of carbonyl (C=O) groups is 1. The highest BCUT2D eigenvalue weighted by Crippen LogP contribution is 2.26. The Labute approximate surface area is 194 Å². The third kappa shape index (κ3) is 5.16. The van der Waals surface area contributed by atoms with Gasteiger partial charge in [0.2, 0.25) is 0 Å². The van der Waals surface area contributed by atoms with Crippen molar-refractivity contribution in [3.63, 3.8) is 0 Å². The summed E-state index contributed by atoms with van der Waals surface area (Å²) in [6.45, 7) is 9.69. The molecule has 3 aromatic heterocycles. The first-order valence-electron chi connectivity index (χ1n) is 11.1. The molecule has 8 nitrogen and oxygen atoms in total. The second kappa shape index (κ2) is 9.09. The highest BCUT2D eigenvalue weighted by molar-refractivity contribution is 6.76. The number of amides is 1. The zero-order valence-corrected chi connectivity index (χ0v) is 20.8. The number of ether oxygens (including phenoxy) is 1. The molecule has 0 radical (unpaired) electrons. The first-order valence-corrected chi connectivity index (χ1v) is 14.8. The monoisotopic (exact) mass is 465 g/mol. The van der Waals surface area contributed by atoms with Crippen LogP contribution in [-0.2, 0) is 18.5 Å². The number of hydrogen-bond donors (Lipinski definition) is 2. The maximum absolute atomic E-state index is 12.9. The van der Waals surface area contributed by atoms with Crippen LogP contribution in [0.25, 0.3) is 21.8 Å². The molecule has 1 aromatic carbocycles. The molecule has 1 atom stereocenters. The van der Waals surface area contributed by atoms with E-state index in [0.29, 0.717) is 24.7 Å². The number of nitrogens with one attached hydrogen (secondary N) is 1. The molecule has 0 aliphatic carbocycles. The average molecular weight is 466 g/mol. The summed E-state index contributed by atoms with van der Waals surface area (Å²) >= 11 is 0. The molecule has 0 saturated carbocycles. The van der Waals surface area contributed by atoms with E-state index in [1.807, 2.05) is 35.9 Å². The zero-order valence-electron chi connectivity index (χ0n) is 19.8. The molecule has 0 fully saturated rings. The molecule has 0 bridgehead atoms. The smallest absolute Gasteiger partial charge is 0.256 e. The lowest BCUT2D eigenvalue weighted by atomic mass is 10.1. The summed E-state index contributed by atoms with van der Waals surface area (Å²) in [5.74, 6) is 0.196. The van der Waals surface area contributed by atoms with Crippen molar-refractivity contribution < 1.29 is 14.6 Å². The van der Waals surface area contributed by atoms with Gasteiger partial charge in [-0.05, 0) is 31.2 Å². The Morgan fingerprint density at radius 1 is 1.15 bits per heavy atom. The minimum atomic E-state index is -1.19. The van der Waals surface area contributed by atoms with Gasteiger partial charge in [-0.25, -0.2) is 4.98 Å². The van der Waals surface area contributed by atoms with Crippen LogP contribution in [0.1, 0.15) is 29.1 Å². The molecule has 0 spiro atoms. The number of fused-ring (bicyclic) bond motifs is 2. The SMILES string of the molecule is CC(O)c1cc2cnc(NC(=O)c3ccc4cnn(C)c4c3)cc2n1COCC[Si](C)(C)C. The van der Waals surface area contributed by atoms with Gasteiger partial charge in [0.05, 0.1) is 23.3 Å². The Hall–Kier alpha value is -3.01. The lowest BCUT2D eigenvalue weighted by Crippen LogP contribution is -2.22. The molecule has 4 rings (SSSR count). The molecule has 0 saturated heterocycles. The molecule has 174 valence electrons. The van der Waals surface area contributed by atoms with Crippen LogP contribution in [0.4, 0.5) is 5.82 Å². The van der Waals surface area contributed by atoms with Gasteiger partial charge in [-0.1, -0.05) is 25.7 Å². The Bertz CT molecular complexity index is 1300. The van der Waals surface area contributed by atoms with Crippen LogP contribution < -0.4 is 5.32 Å². The Balaban J connectivity index is 1.57. The normalized spacial score (nSPS) is 13.0. The van der Waals surface area contributed by atoms with E-state index >= 15 is 0 Å². The van der Waals surface area contributed by atoms with Gasteiger partial charge in [0.15, 0.2) is 0 Å². The Morgan fingerprint density at radius 2 is 1.94 bits per heavy atom. The Morgan fingerprint density at radius 3 is 2.67 bits per heavy atom. The quantitative estimate of drug-likeness (QED) is 0.294. The molecule has 0 aliphatic rings. The van der Waals surface area contributed by atoms with Crippen molar-refractivity contribution in [3.05, 3.63) is 54.0 Å². The number of pyridine rings is 1. The maximum Gasteiger partial charge on any atom is 0.256 e. The molecule has 0 aliphatic heterocycles. The third-order valence-electron chi connectivity index (χ3n) is 5.72. The molecule has 9 heteroatoms. The summed E-state index contributed by atoms with van der Waals surface area (Å²) in [5, 5.41) is 19.3. The fraction of sp³-hybridized carbons (Fsp3) is 0.375. The largest absolute Gasteiger partial charge is 0.387 e. The molecular weight excluding hydrogens is 434 g/mol. The number of hydrogen-bond acceptors (Lipinski definition) is 5. The molecule has 1 amide bonds. The van der Waals surface area contributed by atoms with Gasteiger partial charge >= 0.3 is 0 Å². The number of benzene rings is 1. The van der Waals surface area contributed by atoms with E-state index in [1.54, 1.807) is 30.1 Å². The van der Waals surface area contributed by atoms with Crippen LogP contribution in [0.2, 0.25) is 25.7 Å². The lowest BCUT2D eigenvalue weighted by Gasteiger charge is -2.17. The van der Waals surface area contributed by atoms with Crippen molar-refractivity contribution in [1.29, 1.82) is 0 Å². The average Bonchev–Trinajstić information content (AvgIpc) is 3.30. The van der Waals surface area contributed by atoms with Gasteiger partial charge in [-0.15, -0.1) is 0 Å². The number of rotatable bonds is 8. The molecule has 1 unspecified atom stereocenters. The van der Waals surface area contributed by atoms with Gasteiger partial charge < -0.3 is 19.7 Å². The van der Waals surface area contributed by atoms with E-state index in [4.69, 9.17) is 4.74 Å².